The van der Waals surface area contributed by atoms with E-state index in [-0.39, 0.29) is 5.91 Å². The lowest BCUT2D eigenvalue weighted by molar-refractivity contribution is -0.131. The van der Waals surface area contributed by atoms with Crippen molar-refractivity contribution in [2.75, 3.05) is 31.1 Å². The number of anilines is 1. The van der Waals surface area contributed by atoms with Crippen molar-refractivity contribution in [3.63, 3.8) is 0 Å². The number of likely N-dealkylation sites (tertiary alicyclic amines) is 1. The van der Waals surface area contributed by atoms with Gasteiger partial charge in [0.1, 0.15) is 0 Å². The van der Waals surface area contributed by atoms with E-state index in [4.69, 9.17) is 0 Å². The van der Waals surface area contributed by atoms with Crippen LogP contribution in [0.3, 0.4) is 0 Å². The zero-order valence-corrected chi connectivity index (χ0v) is 17.8. The number of pyridine rings is 1. The number of piperidine rings is 1. The SMILES string of the molecule is O=C(Cc1ccccn1)N1CCC(CN2CCCc3cc(-c4cn[nH]c4)ccc32)CC1. The second-order valence-corrected chi connectivity index (χ2v) is 8.70. The maximum atomic E-state index is 12.6. The number of carbonyl (C=O) groups excluding carboxylic acids is 1. The zero-order valence-electron chi connectivity index (χ0n) is 17.8. The van der Waals surface area contributed by atoms with Gasteiger partial charge >= 0.3 is 0 Å². The summed E-state index contributed by atoms with van der Waals surface area (Å²) in [6.07, 6.45) is 10.5. The lowest BCUT2D eigenvalue weighted by atomic mass is 9.92. The van der Waals surface area contributed by atoms with Gasteiger partial charge in [-0.1, -0.05) is 12.1 Å². The number of hydrogen-bond donors (Lipinski definition) is 1. The van der Waals surface area contributed by atoms with E-state index >= 15 is 0 Å². The maximum Gasteiger partial charge on any atom is 0.228 e. The first-order valence-corrected chi connectivity index (χ1v) is 11.3. The molecule has 2 aliphatic rings. The molecule has 6 heteroatoms. The average Bonchev–Trinajstić information content (AvgIpc) is 3.35. The lowest BCUT2D eigenvalue weighted by Gasteiger charge is -2.38. The Hall–Kier alpha value is -3.15. The fraction of sp³-hybridized carbons (Fsp3) is 0.400. The molecule has 5 rings (SSSR count). The van der Waals surface area contributed by atoms with E-state index < -0.39 is 0 Å². The van der Waals surface area contributed by atoms with Crippen LogP contribution in [0.25, 0.3) is 11.1 Å². The van der Waals surface area contributed by atoms with Gasteiger partial charge in [0.2, 0.25) is 5.91 Å². The molecule has 3 aromatic rings. The number of benzene rings is 1. The molecule has 1 aromatic carbocycles. The summed E-state index contributed by atoms with van der Waals surface area (Å²) >= 11 is 0. The third kappa shape index (κ3) is 4.48. The molecular formula is C25H29N5O. The highest BCUT2D eigenvalue weighted by Crippen LogP contribution is 2.33. The second kappa shape index (κ2) is 8.92. The molecule has 31 heavy (non-hydrogen) atoms. The van der Waals surface area contributed by atoms with Gasteiger partial charge in [-0.05, 0) is 67.0 Å². The van der Waals surface area contributed by atoms with Crippen LogP contribution in [-0.2, 0) is 17.6 Å². The zero-order chi connectivity index (χ0) is 21.0. The quantitative estimate of drug-likeness (QED) is 0.690. The van der Waals surface area contributed by atoms with E-state index in [2.05, 4.69) is 38.3 Å². The summed E-state index contributed by atoms with van der Waals surface area (Å²) in [5, 5.41) is 6.98. The van der Waals surface area contributed by atoms with Gasteiger partial charge < -0.3 is 9.80 Å². The molecular weight excluding hydrogens is 386 g/mol. The highest BCUT2D eigenvalue weighted by atomic mass is 16.2. The van der Waals surface area contributed by atoms with Crippen LogP contribution < -0.4 is 4.90 Å². The van der Waals surface area contributed by atoms with Crippen LogP contribution in [0.1, 0.15) is 30.5 Å². The summed E-state index contributed by atoms with van der Waals surface area (Å²) in [7, 11) is 0. The molecule has 1 fully saturated rings. The Labute approximate surface area is 183 Å². The number of aromatic amines is 1. The van der Waals surface area contributed by atoms with Crippen molar-refractivity contribution in [1.82, 2.24) is 20.1 Å². The smallest absolute Gasteiger partial charge is 0.228 e. The van der Waals surface area contributed by atoms with E-state index in [0.717, 1.165) is 56.7 Å². The first-order valence-electron chi connectivity index (χ1n) is 11.3. The Morgan fingerprint density at radius 2 is 2.00 bits per heavy atom. The Morgan fingerprint density at radius 1 is 1.10 bits per heavy atom. The third-order valence-corrected chi connectivity index (χ3v) is 6.63. The van der Waals surface area contributed by atoms with Crippen LogP contribution in [0.2, 0.25) is 0 Å². The summed E-state index contributed by atoms with van der Waals surface area (Å²) in [6, 6.07) is 12.6. The largest absolute Gasteiger partial charge is 0.371 e. The molecule has 2 aromatic heterocycles. The molecule has 0 spiro atoms. The number of nitrogens with zero attached hydrogens (tertiary/aromatic N) is 4. The molecule has 4 heterocycles. The van der Waals surface area contributed by atoms with Gasteiger partial charge in [-0.15, -0.1) is 0 Å². The van der Waals surface area contributed by atoms with Crippen molar-refractivity contribution in [3.8, 4) is 11.1 Å². The maximum absolute atomic E-state index is 12.6. The van der Waals surface area contributed by atoms with Gasteiger partial charge in [0.05, 0.1) is 12.6 Å². The molecule has 0 bridgehead atoms. The van der Waals surface area contributed by atoms with Crippen molar-refractivity contribution < 1.29 is 4.79 Å². The minimum Gasteiger partial charge on any atom is -0.371 e. The molecule has 0 unspecified atom stereocenters. The van der Waals surface area contributed by atoms with Crippen molar-refractivity contribution in [1.29, 1.82) is 0 Å². The first kappa shape index (κ1) is 19.8. The first-order chi connectivity index (χ1) is 15.3. The molecule has 1 amide bonds. The minimum atomic E-state index is 0.201. The average molecular weight is 416 g/mol. The standard InChI is InChI=1S/C25H29N5O/c31-25(15-23-5-1-2-10-26-23)29-12-8-19(9-13-29)18-30-11-3-4-21-14-20(6-7-24(21)30)22-16-27-28-17-22/h1-2,5-7,10,14,16-17,19H,3-4,8-9,11-13,15,18H2,(H,27,28). The van der Waals surface area contributed by atoms with Crippen molar-refractivity contribution in [2.24, 2.45) is 5.92 Å². The fourth-order valence-electron chi connectivity index (χ4n) is 4.90. The molecule has 0 atom stereocenters. The molecule has 0 radical (unpaired) electrons. The Morgan fingerprint density at radius 3 is 2.77 bits per heavy atom. The number of rotatable bonds is 5. The Bertz CT molecular complexity index is 1010. The Balaban J connectivity index is 1.18. The third-order valence-electron chi connectivity index (χ3n) is 6.63. The minimum absolute atomic E-state index is 0.201. The molecule has 0 aliphatic carbocycles. The molecule has 1 N–H and O–H groups in total. The van der Waals surface area contributed by atoms with Gasteiger partial charge in [-0.25, -0.2) is 0 Å². The topological polar surface area (TPSA) is 65.1 Å². The van der Waals surface area contributed by atoms with Gasteiger partial charge in [0.15, 0.2) is 0 Å². The summed E-state index contributed by atoms with van der Waals surface area (Å²) < 4.78 is 0. The van der Waals surface area contributed by atoms with E-state index in [0.29, 0.717) is 12.3 Å². The van der Waals surface area contributed by atoms with E-state index in [1.807, 2.05) is 35.5 Å². The summed E-state index contributed by atoms with van der Waals surface area (Å²) in [4.78, 5) is 21.5. The summed E-state index contributed by atoms with van der Waals surface area (Å²) in [6.45, 7) is 3.92. The number of aromatic nitrogens is 3. The number of carbonyl (C=O) groups is 1. The van der Waals surface area contributed by atoms with Gasteiger partial charge in [-0.3, -0.25) is 14.9 Å². The summed E-state index contributed by atoms with van der Waals surface area (Å²) in [5.74, 6) is 0.839. The van der Waals surface area contributed by atoms with Crippen LogP contribution in [0, 0.1) is 5.92 Å². The fourth-order valence-corrected chi connectivity index (χ4v) is 4.90. The van der Waals surface area contributed by atoms with Crippen LogP contribution in [0.4, 0.5) is 5.69 Å². The van der Waals surface area contributed by atoms with Gasteiger partial charge in [0.25, 0.3) is 0 Å². The lowest BCUT2D eigenvalue weighted by Crippen LogP contribution is -2.43. The Kier molecular flexibility index (Phi) is 5.69. The van der Waals surface area contributed by atoms with Crippen LogP contribution in [0.5, 0.6) is 0 Å². The van der Waals surface area contributed by atoms with Gasteiger partial charge in [-0.2, -0.15) is 5.10 Å². The number of amides is 1. The molecule has 1 saturated heterocycles. The van der Waals surface area contributed by atoms with Crippen molar-refractivity contribution in [3.05, 3.63) is 66.2 Å². The van der Waals surface area contributed by atoms with Gasteiger partial charge in [0, 0.05) is 55.5 Å². The van der Waals surface area contributed by atoms with Crippen LogP contribution in [-0.4, -0.2) is 52.2 Å². The predicted molar refractivity (Wildman–Crippen MR) is 122 cm³/mol. The number of aryl methyl sites for hydroxylation is 1. The molecule has 160 valence electrons. The number of nitrogens with one attached hydrogen (secondary N) is 1. The summed E-state index contributed by atoms with van der Waals surface area (Å²) in [5.41, 5.74) is 6.05. The molecule has 6 nitrogen and oxygen atoms in total. The van der Waals surface area contributed by atoms with E-state index in [1.54, 1.807) is 6.20 Å². The highest BCUT2D eigenvalue weighted by Gasteiger charge is 2.26. The monoisotopic (exact) mass is 415 g/mol. The highest BCUT2D eigenvalue weighted by molar-refractivity contribution is 5.78. The molecule has 2 aliphatic heterocycles. The van der Waals surface area contributed by atoms with Crippen molar-refractivity contribution in [2.45, 2.75) is 32.1 Å². The van der Waals surface area contributed by atoms with E-state index in [9.17, 15) is 4.79 Å². The molecule has 0 saturated carbocycles. The van der Waals surface area contributed by atoms with E-state index in [1.165, 1.54) is 23.2 Å². The van der Waals surface area contributed by atoms with Crippen molar-refractivity contribution >= 4 is 11.6 Å². The van der Waals surface area contributed by atoms with Crippen LogP contribution >= 0.6 is 0 Å². The predicted octanol–water partition coefficient (Wildman–Crippen LogP) is 3.71. The second-order valence-electron chi connectivity index (χ2n) is 8.70. The number of H-pyrrole nitrogens is 1. The number of hydrogen-bond acceptors (Lipinski definition) is 4. The number of fused-ring (bicyclic) bond motifs is 1. The normalized spacial score (nSPS) is 16.9. The van der Waals surface area contributed by atoms with Crippen LogP contribution in [0.15, 0.2) is 55.0 Å².